The van der Waals surface area contributed by atoms with E-state index in [2.05, 4.69) is 28.8 Å². The Bertz CT molecular complexity index is 611. The molecule has 3 rings (SSSR count). The molecule has 2 aliphatic rings. The third-order valence-corrected chi connectivity index (χ3v) is 6.18. The van der Waals surface area contributed by atoms with Crippen LogP contribution >= 0.6 is 0 Å². The first-order chi connectivity index (χ1) is 13.1. The molecule has 5 heteroatoms. The number of urea groups is 1. The highest BCUT2D eigenvalue weighted by Gasteiger charge is 2.39. The molecule has 0 heterocycles. The number of carbonyl (C=O) groups excluding carboxylic acids is 1. The second-order valence-electron chi connectivity index (χ2n) is 8.40. The Kier molecular flexibility index (Phi) is 7.00. The molecular weight excluding hydrogens is 338 g/mol. The highest BCUT2D eigenvalue weighted by atomic mass is 16.5. The average molecular weight is 374 g/mol. The molecule has 0 aliphatic heterocycles. The topological polar surface area (TPSA) is 53.6 Å². The van der Waals surface area contributed by atoms with Gasteiger partial charge in [-0.3, -0.25) is 0 Å². The van der Waals surface area contributed by atoms with E-state index < -0.39 is 0 Å². The number of rotatable bonds is 8. The zero-order valence-corrected chi connectivity index (χ0v) is 17.0. The molecule has 1 aromatic carbocycles. The van der Waals surface area contributed by atoms with E-state index in [1.165, 1.54) is 31.2 Å². The minimum absolute atomic E-state index is 0.0363. The van der Waals surface area contributed by atoms with E-state index in [1.807, 2.05) is 6.07 Å². The second-order valence-corrected chi connectivity index (χ2v) is 8.40. The van der Waals surface area contributed by atoms with Gasteiger partial charge in [0.25, 0.3) is 0 Å². The lowest BCUT2D eigenvalue weighted by molar-refractivity contribution is 0.203. The molecule has 2 atom stereocenters. The molecule has 0 bridgehead atoms. The number of para-hydroxylation sites is 1. The molecule has 0 saturated heterocycles. The molecule has 0 spiro atoms. The zero-order chi connectivity index (χ0) is 19.2. The van der Waals surface area contributed by atoms with Crippen molar-refractivity contribution in [1.29, 1.82) is 0 Å². The van der Waals surface area contributed by atoms with Crippen LogP contribution in [0.4, 0.5) is 4.79 Å². The predicted molar refractivity (Wildman–Crippen MR) is 109 cm³/mol. The molecule has 2 fully saturated rings. The molecule has 2 amide bonds. The normalized spacial score (nSPS) is 27.1. The maximum absolute atomic E-state index is 11.7. The molecule has 2 saturated carbocycles. The van der Waals surface area contributed by atoms with Crippen LogP contribution in [0.2, 0.25) is 0 Å². The van der Waals surface area contributed by atoms with E-state index in [0.29, 0.717) is 12.0 Å². The number of amides is 2. The van der Waals surface area contributed by atoms with Gasteiger partial charge in [0, 0.05) is 20.1 Å². The third kappa shape index (κ3) is 5.61. The number of hydrogen-bond acceptors (Lipinski definition) is 3. The van der Waals surface area contributed by atoms with Crippen LogP contribution in [0.25, 0.3) is 0 Å². The molecule has 27 heavy (non-hydrogen) atoms. The summed E-state index contributed by atoms with van der Waals surface area (Å²) in [5.74, 6) is 3.24. The first-order valence-electron chi connectivity index (χ1n) is 10.4. The number of methoxy groups -OCH3 is 1. The highest BCUT2D eigenvalue weighted by molar-refractivity contribution is 5.73. The highest BCUT2D eigenvalue weighted by Crippen LogP contribution is 2.49. The fourth-order valence-corrected chi connectivity index (χ4v) is 4.32. The minimum Gasteiger partial charge on any atom is -0.496 e. The predicted octanol–water partition coefficient (Wildman–Crippen LogP) is 3.61. The van der Waals surface area contributed by atoms with E-state index in [-0.39, 0.29) is 6.03 Å². The van der Waals surface area contributed by atoms with Gasteiger partial charge >= 0.3 is 6.03 Å². The molecule has 2 N–H and O–H groups in total. The largest absolute Gasteiger partial charge is 0.496 e. The van der Waals surface area contributed by atoms with Gasteiger partial charge in [-0.25, -0.2) is 4.79 Å². The van der Waals surface area contributed by atoms with Crippen LogP contribution in [0.5, 0.6) is 5.75 Å². The van der Waals surface area contributed by atoms with Crippen LogP contribution < -0.4 is 15.4 Å². The minimum atomic E-state index is 0.0363. The van der Waals surface area contributed by atoms with Crippen LogP contribution in [0.1, 0.15) is 50.0 Å². The van der Waals surface area contributed by atoms with Gasteiger partial charge < -0.3 is 20.3 Å². The third-order valence-electron chi connectivity index (χ3n) is 6.18. The Labute approximate surface area is 163 Å². The number of nitrogens with zero attached hydrogens (tertiary/aromatic N) is 1. The quantitative estimate of drug-likeness (QED) is 0.685. The van der Waals surface area contributed by atoms with Gasteiger partial charge in [-0.1, -0.05) is 18.2 Å². The Balaban J connectivity index is 1.28. The molecule has 2 unspecified atom stereocenters. The van der Waals surface area contributed by atoms with Crippen molar-refractivity contribution in [3.05, 3.63) is 29.8 Å². The summed E-state index contributed by atoms with van der Waals surface area (Å²) < 4.78 is 5.50. The van der Waals surface area contributed by atoms with Gasteiger partial charge in [0.15, 0.2) is 0 Å². The maximum atomic E-state index is 11.7. The fourth-order valence-electron chi connectivity index (χ4n) is 4.32. The van der Waals surface area contributed by atoms with E-state index in [4.69, 9.17) is 4.74 Å². The lowest BCUT2D eigenvalue weighted by Gasteiger charge is -2.30. The number of hydrogen-bond donors (Lipinski definition) is 2. The Morgan fingerprint density at radius 3 is 2.63 bits per heavy atom. The number of benzene rings is 1. The summed E-state index contributed by atoms with van der Waals surface area (Å²) in [5.41, 5.74) is 1.37. The summed E-state index contributed by atoms with van der Waals surface area (Å²) in [6.45, 7) is 2.21. The smallest absolute Gasteiger partial charge is 0.317 e. The number of nitrogens with one attached hydrogen (secondary N) is 2. The van der Waals surface area contributed by atoms with Crippen molar-refractivity contribution < 1.29 is 9.53 Å². The monoisotopic (exact) mass is 373 g/mol. The lowest BCUT2D eigenvalue weighted by atomic mass is 9.84. The zero-order valence-electron chi connectivity index (χ0n) is 17.0. The average Bonchev–Trinajstić information content (AvgIpc) is 3.45. The summed E-state index contributed by atoms with van der Waals surface area (Å²) in [4.78, 5) is 13.4. The van der Waals surface area contributed by atoms with Crippen LogP contribution in [0.15, 0.2) is 24.3 Å². The summed E-state index contributed by atoms with van der Waals surface area (Å²) in [7, 11) is 5.35. The van der Waals surface area contributed by atoms with Crippen molar-refractivity contribution in [2.45, 2.75) is 50.5 Å². The summed E-state index contributed by atoms with van der Waals surface area (Å²) >= 11 is 0. The number of carbonyl (C=O) groups is 1. The molecule has 2 aliphatic carbocycles. The molecule has 0 radical (unpaired) electrons. The van der Waals surface area contributed by atoms with Crippen molar-refractivity contribution >= 4 is 6.03 Å². The van der Waals surface area contributed by atoms with Crippen molar-refractivity contribution in [2.24, 2.45) is 11.8 Å². The van der Waals surface area contributed by atoms with Crippen molar-refractivity contribution in [2.75, 3.05) is 34.3 Å². The van der Waals surface area contributed by atoms with E-state index in [1.54, 1.807) is 26.1 Å². The lowest BCUT2D eigenvalue weighted by Crippen LogP contribution is -2.43. The maximum Gasteiger partial charge on any atom is 0.317 e. The molecule has 0 aromatic heterocycles. The Morgan fingerprint density at radius 1 is 1.19 bits per heavy atom. The second kappa shape index (κ2) is 9.45. The molecule has 5 nitrogen and oxygen atoms in total. The summed E-state index contributed by atoms with van der Waals surface area (Å²) in [6, 6.07) is 8.81. The van der Waals surface area contributed by atoms with Gasteiger partial charge in [-0.05, 0) is 81.0 Å². The SMILES string of the molecule is COc1ccccc1C1CC1CNCCC1CCC(NC(=O)N(C)C)CC1. The van der Waals surface area contributed by atoms with Crippen molar-refractivity contribution in [1.82, 2.24) is 15.5 Å². The van der Waals surface area contributed by atoms with E-state index in [0.717, 1.165) is 43.5 Å². The molecule has 150 valence electrons. The van der Waals surface area contributed by atoms with Gasteiger partial charge in [0.1, 0.15) is 5.75 Å². The first kappa shape index (κ1) is 20.0. The Hall–Kier alpha value is -1.75. The first-order valence-corrected chi connectivity index (χ1v) is 10.4. The molecule has 1 aromatic rings. The van der Waals surface area contributed by atoms with Crippen LogP contribution in [0, 0.1) is 11.8 Å². The Morgan fingerprint density at radius 2 is 1.93 bits per heavy atom. The summed E-state index contributed by atoms with van der Waals surface area (Å²) in [5, 5.41) is 6.79. The van der Waals surface area contributed by atoms with Crippen molar-refractivity contribution in [3.8, 4) is 5.75 Å². The summed E-state index contributed by atoms with van der Waals surface area (Å²) in [6.07, 6.45) is 7.20. The van der Waals surface area contributed by atoms with Gasteiger partial charge in [0.05, 0.1) is 7.11 Å². The van der Waals surface area contributed by atoms with Crippen LogP contribution in [-0.4, -0.2) is 51.3 Å². The van der Waals surface area contributed by atoms with E-state index in [9.17, 15) is 4.79 Å². The van der Waals surface area contributed by atoms with Gasteiger partial charge in [-0.2, -0.15) is 0 Å². The number of ether oxygens (including phenoxy) is 1. The van der Waals surface area contributed by atoms with E-state index >= 15 is 0 Å². The van der Waals surface area contributed by atoms with Crippen molar-refractivity contribution in [3.63, 3.8) is 0 Å². The van der Waals surface area contributed by atoms with Gasteiger partial charge in [-0.15, -0.1) is 0 Å². The fraction of sp³-hybridized carbons (Fsp3) is 0.682. The van der Waals surface area contributed by atoms with Crippen LogP contribution in [0.3, 0.4) is 0 Å². The standard InChI is InChI=1S/C22H35N3O2/c1-25(2)22(26)24-18-10-8-16(9-11-18)12-13-23-15-17-14-20(17)19-6-4-5-7-21(19)27-3/h4-7,16-18,20,23H,8-15H2,1-3H3,(H,24,26). The van der Waals surface area contributed by atoms with Gasteiger partial charge in [0.2, 0.25) is 0 Å². The molecular formula is C22H35N3O2. The van der Waals surface area contributed by atoms with Crippen LogP contribution in [-0.2, 0) is 0 Å².